The van der Waals surface area contributed by atoms with E-state index in [9.17, 15) is 22.0 Å². The van der Waals surface area contributed by atoms with Gasteiger partial charge < -0.3 is 4.42 Å². The summed E-state index contributed by atoms with van der Waals surface area (Å²) < 4.78 is 66.8. The summed E-state index contributed by atoms with van der Waals surface area (Å²) in [6.45, 7) is 0. The molecule has 0 saturated heterocycles. The molecular weight excluding hydrogens is 231 g/mol. The van der Waals surface area contributed by atoms with E-state index in [4.69, 9.17) is 4.42 Å². The lowest BCUT2D eigenvalue weighted by Gasteiger charge is -2.19. The molecule has 0 atom stereocenters. The molecule has 0 fully saturated rings. The molecule has 86 valence electrons. The molecule has 0 aliphatic rings. The zero-order chi connectivity index (χ0) is 12.0. The number of benzene rings is 1. The maximum absolute atomic E-state index is 12.9. The Bertz CT molecular complexity index is 511. The molecule has 0 bridgehead atoms. The highest BCUT2D eigenvalue weighted by molar-refractivity contribution is 5.77. The van der Waals surface area contributed by atoms with Gasteiger partial charge in [0.1, 0.15) is 5.58 Å². The molecule has 2 rings (SSSR count). The fraction of sp³-hybridized carbons (Fsp3) is 0.200. The summed E-state index contributed by atoms with van der Waals surface area (Å²) in [6.07, 6.45) is -4.38. The van der Waals surface area contributed by atoms with Crippen LogP contribution >= 0.6 is 0 Å². The molecule has 0 spiro atoms. The second-order valence-electron chi connectivity index (χ2n) is 3.25. The molecular formula is C10H5F5O. The molecule has 1 aromatic carbocycles. The van der Waals surface area contributed by atoms with E-state index in [1.807, 2.05) is 0 Å². The predicted molar refractivity (Wildman–Crippen MR) is 46.2 cm³/mol. The maximum atomic E-state index is 12.9. The van der Waals surface area contributed by atoms with Crippen molar-refractivity contribution >= 4 is 11.0 Å². The van der Waals surface area contributed by atoms with Gasteiger partial charge in [0.05, 0.1) is 6.26 Å². The minimum absolute atomic E-state index is 0.00132. The quantitative estimate of drug-likeness (QED) is 0.680. The Morgan fingerprint density at radius 2 is 1.62 bits per heavy atom. The van der Waals surface area contributed by atoms with Crippen LogP contribution in [0.3, 0.4) is 0 Å². The lowest BCUT2D eigenvalue weighted by atomic mass is 10.1. The zero-order valence-electron chi connectivity index (χ0n) is 7.68. The molecule has 0 N–H and O–H groups in total. The van der Waals surface area contributed by atoms with Crippen LogP contribution in [0.25, 0.3) is 11.0 Å². The average molecular weight is 236 g/mol. The van der Waals surface area contributed by atoms with Crippen molar-refractivity contribution in [2.24, 2.45) is 0 Å². The van der Waals surface area contributed by atoms with Crippen molar-refractivity contribution in [3.05, 3.63) is 36.1 Å². The molecule has 0 aliphatic heterocycles. The molecule has 6 heteroatoms. The van der Waals surface area contributed by atoms with Gasteiger partial charge in [-0.2, -0.15) is 22.0 Å². The van der Waals surface area contributed by atoms with E-state index in [0.717, 1.165) is 12.1 Å². The smallest absolute Gasteiger partial charge is 0.458 e. The highest BCUT2D eigenvalue weighted by Crippen LogP contribution is 2.44. The molecule has 16 heavy (non-hydrogen) atoms. The third-order valence-corrected chi connectivity index (χ3v) is 2.17. The van der Waals surface area contributed by atoms with Gasteiger partial charge >= 0.3 is 12.1 Å². The number of alkyl halides is 5. The number of rotatable bonds is 1. The lowest BCUT2D eigenvalue weighted by molar-refractivity contribution is -0.289. The zero-order valence-corrected chi connectivity index (χ0v) is 7.68. The van der Waals surface area contributed by atoms with Crippen molar-refractivity contribution in [1.29, 1.82) is 0 Å². The summed E-state index contributed by atoms with van der Waals surface area (Å²) >= 11 is 0. The van der Waals surface area contributed by atoms with E-state index in [-0.39, 0.29) is 5.58 Å². The summed E-state index contributed by atoms with van der Waals surface area (Å²) in [5, 5.41) is 0.474. The third-order valence-electron chi connectivity index (χ3n) is 2.17. The molecule has 0 unspecified atom stereocenters. The van der Waals surface area contributed by atoms with Gasteiger partial charge in [-0.15, -0.1) is 0 Å². The average Bonchev–Trinajstić information content (AvgIpc) is 2.61. The van der Waals surface area contributed by atoms with E-state index >= 15 is 0 Å². The Hall–Kier alpha value is -1.59. The van der Waals surface area contributed by atoms with Crippen molar-refractivity contribution in [3.8, 4) is 0 Å². The van der Waals surface area contributed by atoms with Crippen LogP contribution in [-0.4, -0.2) is 6.18 Å². The number of fused-ring (bicyclic) bond motifs is 1. The van der Waals surface area contributed by atoms with Crippen molar-refractivity contribution in [2.75, 3.05) is 0 Å². The monoisotopic (exact) mass is 236 g/mol. The van der Waals surface area contributed by atoms with Crippen LogP contribution in [0.2, 0.25) is 0 Å². The van der Waals surface area contributed by atoms with Crippen LogP contribution in [0, 0.1) is 0 Å². The van der Waals surface area contributed by atoms with Gasteiger partial charge in [0.25, 0.3) is 0 Å². The first kappa shape index (κ1) is 10.9. The van der Waals surface area contributed by atoms with Crippen molar-refractivity contribution in [1.82, 2.24) is 0 Å². The van der Waals surface area contributed by atoms with Crippen LogP contribution in [0.1, 0.15) is 5.56 Å². The first-order valence-corrected chi connectivity index (χ1v) is 4.24. The Labute approximate surface area is 86.5 Å². The van der Waals surface area contributed by atoms with Gasteiger partial charge in [-0.05, 0) is 12.1 Å². The van der Waals surface area contributed by atoms with Gasteiger partial charge in [-0.25, -0.2) is 0 Å². The predicted octanol–water partition coefficient (Wildman–Crippen LogP) is 4.09. The Kier molecular flexibility index (Phi) is 2.18. The SMILES string of the molecule is FC(F)(F)C(F)(F)c1ccc2ccoc2c1. The fourth-order valence-corrected chi connectivity index (χ4v) is 1.31. The van der Waals surface area contributed by atoms with Gasteiger partial charge in [0.15, 0.2) is 0 Å². The second-order valence-corrected chi connectivity index (χ2v) is 3.25. The second kappa shape index (κ2) is 3.20. The van der Waals surface area contributed by atoms with E-state index in [1.165, 1.54) is 12.3 Å². The van der Waals surface area contributed by atoms with Crippen molar-refractivity contribution < 1.29 is 26.4 Å². The molecule has 0 amide bonds. The van der Waals surface area contributed by atoms with Gasteiger partial charge in [0, 0.05) is 10.9 Å². The Morgan fingerprint density at radius 1 is 0.938 bits per heavy atom. The fourth-order valence-electron chi connectivity index (χ4n) is 1.31. The molecule has 1 heterocycles. The number of furan rings is 1. The minimum Gasteiger partial charge on any atom is -0.464 e. The third kappa shape index (κ3) is 1.54. The largest absolute Gasteiger partial charge is 0.464 e. The number of hydrogen-bond acceptors (Lipinski definition) is 1. The van der Waals surface area contributed by atoms with Crippen LogP contribution in [0.5, 0.6) is 0 Å². The summed E-state index contributed by atoms with van der Waals surface area (Å²) in [5.41, 5.74) is -1.12. The van der Waals surface area contributed by atoms with Gasteiger partial charge in [-0.1, -0.05) is 12.1 Å². The van der Waals surface area contributed by atoms with Gasteiger partial charge in [-0.3, -0.25) is 0 Å². The summed E-state index contributed by atoms with van der Waals surface area (Å²) in [4.78, 5) is 0. The Balaban J connectivity index is 2.54. The summed E-state index contributed by atoms with van der Waals surface area (Å²) in [6, 6.07) is 4.08. The van der Waals surface area contributed by atoms with Crippen LogP contribution < -0.4 is 0 Å². The van der Waals surface area contributed by atoms with Crippen molar-refractivity contribution in [2.45, 2.75) is 12.1 Å². The first-order chi connectivity index (χ1) is 7.32. The number of hydrogen-bond donors (Lipinski definition) is 0. The highest BCUT2D eigenvalue weighted by atomic mass is 19.4. The van der Waals surface area contributed by atoms with E-state index < -0.39 is 17.7 Å². The first-order valence-electron chi connectivity index (χ1n) is 4.24. The Morgan fingerprint density at radius 3 is 2.25 bits per heavy atom. The molecule has 0 radical (unpaired) electrons. The maximum Gasteiger partial charge on any atom is 0.458 e. The molecule has 1 aromatic heterocycles. The molecule has 1 nitrogen and oxygen atoms in total. The topological polar surface area (TPSA) is 13.1 Å². The molecule has 0 saturated carbocycles. The minimum atomic E-state index is -5.60. The van der Waals surface area contributed by atoms with E-state index in [0.29, 0.717) is 11.5 Å². The van der Waals surface area contributed by atoms with E-state index in [1.54, 1.807) is 0 Å². The van der Waals surface area contributed by atoms with E-state index in [2.05, 4.69) is 0 Å². The van der Waals surface area contributed by atoms with Crippen LogP contribution in [0.4, 0.5) is 22.0 Å². The van der Waals surface area contributed by atoms with Crippen molar-refractivity contribution in [3.63, 3.8) is 0 Å². The van der Waals surface area contributed by atoms with Crippen LogP contribution in [0.15, 0.2) is 34.9 Å². The standard InChI is InChI=1S/C10H5F5O/c11-9(12,10(13,14)15)7-2-1-6-3-4-16-8(6)5-7/h1-5H. The summed E-state index contributed by atoms with van der Waals surface area (Å²) in [5.74, 6) is -4.87. The summed E-state index contributed by atoms with van der Waals surface area (Å²) in [7, 11) is 0. The normalized spacial score (nSPS) is 13.3. The molecule has 2 aromatic rings. The molecule has 0 aliphatic carbocycles. The lowest BCUT2D eigenvalue weighted by Crippen LogP contribution is -2.33. The highest BCUT2D eigenvalue weighted by Gasteiger charge is 2.58. The van der Waals surface area contributed by atoms with Gasteiger partial charge in [0.2, 0.25) is 0 Å². The number of halogens is 5. The van der Waals surface area contributed by atoms with Crippen LogP contribution in [-0.2, 0) is 5.92 Å².